The first-order valence-corrected chi connectivity index (χ1v) is 10.4. The SMILES string of the molecule is CC(C)c1cccc(OCC(=O)N2CCN(c3nc4cccnc4s3)CC2)c1. The van der Waals surface area contributed by atoms with Crippen molar-refractivity contribution in [2.75, 3.05) is 37.7 Å². The van der Waals surface area contributed by atoms with Gasteiger partial charge in [0, 0.05) is 32.4 Å². The Hall–Kier alpha value is -2.67. The molecule has 1 aromatic carbocycles. The zero-order chi connectivity index (χ0) is 19.5. The number of carbonyl (C=O) groups is 1. The first-order chi connectivity index (χ1) is 13.6. The minimum absolute atomic E-state index is 0.0283. The zero-order valence-electron chi connectivity index (χ0n) is 16.2. The second kappa shape index (κ2) is 8.14. The summed E-state index contributed by atoms with van der Waals surface area (Å²) in [4.78, 5) is 26.6. The van der Waals surface area contributed by atoms with Gasteiger partial charge in [-0.3, -0.25) is 4.79 Å². The van der Waals surface area contributed by atoms with E-state index in [2.05, 4.69) is 34.8 Å². The summed E-state index contributed by atoms with van der Waals surface area (Å²) < 4.78 is 5.74. The first-order valence-electron chi connectivity index (χ1n) is 9.57. The number of ether oxygens (including phenoxy) is 1. The largest absolute Gasteiger partial charge is 0.484 e. The second-order valence-corrected chi connectivity index (χ2v) is 8.16. The Labute approximate surface area is 168 Å². The van der Waals surface area contributed by atoms with Crippen molar-refractivity contribution < 1.29 is 9.53 Å². The van der Waals surface area contributed by atoms with Crippen LogP contribution in [0.5, 0.6) is 5.75 Å². The van der Waals surface area contributed by atoms with E-state index in [1.165, 1.54) is 5.56 Å². The number of thiazole rings is 1. The molecule has 0 atom stereocenters. The van der Waals surface area contributed by atoms with Gasteiger partial charge in [0.15, 0.2) is 11.7 Å². The van der Waals surface area contributed by atoms with Crippen LogP contribution >= 0.6 is 11.3 Å². The molecule has 1 aliphatic rings. The number of amides is 1. The quantitative estimate of drug-likeness (QED) is 0.660. The standard InChI is InChI=1S/C21H24N4O2S/c1-15(2)16-5-3-6-17(13-16)27-14-19(26)24-9-11-25(12-10-24)21-23-18-7-4-8-22-20(18)28-21/h3-8,13,15H,9-12,14H2,1-2H3. The summed E-state index contributed by atoms with van der Waals surface area (Å²) in [5.41, 5.74) is 2.14. The average molecular weight is 397 g/mol. The lowest BCUT2D eigenvalue weighted by molar-refractivity contribution is -0.133. The fourth-order valence-corrected chi connectivity index (χ4v) is 4.20. The number of carbonyl (C=O) groups excluding carboxylic acids is 1. The van der Waals surface area contributed by atoms with Crippen LogP contribution in [0.15, 0.2) is 42.6 Å². The van der Waals surface area contributed by atoms with Gasteiger partial charge >= 0.3 is 0 Å². The van der Waals surface area contributed by atoms with Crippen LogP contribution < -0.4 is 9.64 Å². The summed E-state index contributed by atoms with van der Waals surface area (Å²) in [6.07, 6.45) is 1.79. The average Bonchev–Trinajstić information content (AvgIpc) is 3.16. The summed E-state index contributed by atoms with van der Waals surface area (Å²) in [7, 11) is 0. The van der Waals surface area contributed by atoms with Crippen molar-refractivity contribution in [3.63, 3.8) is 0 Å². The van der Waals surface area contributed by atoms with Crippen molar-refractivity contribution in [3.8, 4) is 5.75 Å². The number of rotatable bonds is 5. The lowest BCUT2D eigenvalue weighted by Gasteiger charge is -2.34. The highest BCUT2D eigenvalue weighted by Crippen LogP contribution is 2.27. The maximum atomic E-state index is 12.5. The predicted molar refractivity (Wildman–Crippen MR) is 112 cm³/mol. The van der Waals surface area contributed by atoms with Gasteiger partial charge in [0.2, 0.25) is 0 Å². The van der Waals surface area contributed by atoms with E-state index in [0.29, 0.717) is 19.0 Å². The van der Waals surface area contributed by atoms with Crippen LogP contribution in [0.4, 0.5) is 5.13 Å². The molecule has 3 heterocycles. The molecule has 7 heteroatoms. The Bertz CT molecular complexity index is 931. The molecule has 2 aromatic heterocycles. The third-order valence-electron chi connectivity index (χ3n) is 4.95. The minimum atomic E-state index is 0.0283. The van der Waals surface area contributed by atoms with Crippen LogP contribution in [0.1, 0.15) is 25.3 Å². The van der Waals surface area contributed by atoms with Crippen LogP contribution in [-0.4, -0.2) is 53.6 Å². The monoisotopic (exact) mass is 396 g/mol. The second-order valence-electron chi connectivity index (χ2n) is 7.21. The van der Waals surface area contributed by atoms with E-state index in [1.807, 2.05) is 35.2 Å². The summed E-state index contributed by atoms with van der Waals surface area (Å²) in [6.45, 7) is 7.26. The molecule has 1 amide bonds. The zero-order valence-corrected chi connectivity index (χ0v) is 17.0. The van der Waals surface area contributed by atoms with E-state index in [-0.39, 0.29) is 12.5 Å². The van der Waals surface area contributed by atoms with Crippen LogP contribution in [0.2, 0.25) is 0 Å². The number of hydrogen-bond donors (Lipinski definition) is 0. The molecule has 146 valence electrons. The molecule has 1 aliphatic heterocycles. The molecule has 4 rings (SSSR count). The van der Waals surface area contributed by atoms with Crippen molar-refractivity contribution in [3.05, 3.63) is 48.2 Å². The molecule has 0 N–H and O–H groups in total. The fraction of sp³-hybridized carbons (Fsp3) is 0.381. The summed E-state index contributed by atoms with van der Waals surface area (Å²) in [5, 5.41) is 0.975. The molecule has 0 bridgehead atoms. The highest BCUT2D eigenvalue weighted by atomic mass is 32.1. The molecule has 6 nitrogen and oxygen atoms in total. The molecule has 1 saturated heterocycles. The molecule has 1 fully saturated rings. The lowest BCUT2D eigenvalue weighted by Crippen LogP contribution is -2.50. The molecular weight excluding hydrogens is 372 g/mol. The van der Waals surface area contributed by atoms with Gasteiger partial charge in [-0.15, -0.1) is 0 Å². The van der Waals surface area contributed by atoms with Crippen molar-refractivity contribution in [1.29, 1.82) is 0 Å². The molecular formula is C21H24N4O2S. The number of aromatic nitrogens is 2. The summed E-state index contributed by atoms with van der Waals surface area (Å²) in [5.74, 6) is 1.21. The van der Waals surface area contributed by atoms with Crippen LogP contribution in [0.25, 0.3) is 10.3 Å². The third kappa shape index (κ3) is 4.09. The normalized spacial score (nSPS) is 14.7. The number of pyridine rings is 1. The molecule has 0 spiro atoms. The maximum Gasteiger partial charge on any atom is 0.260 e. The van der Waals surface area contributed by atoms with Crippen LogP contribution in [-0.2, 0) is 4.79 Å². The molecule has 3 aromatic rings. The highest BCUT2D eigenvalue weighted by molar-refractivity contribution is 7.21. The predicted octanol–water partition coefficient (Wildman–Crippen LogP) is 3.54. The molecule has 0 saturated carbocycles. The topological polar surface area (TPSA) is 58.6 Å². The van der Waals surface area contributed by atoms with Gasteiger partial charge in [-0.05, 0) is 35.7 Å². The van der Waals surface area contributed by atoms with Gasteiger partial charge in [-0.25, -0.2) is 9.97 Å². The van der Waals surface area contributed by atoms with Crippen molar-refractivity contribution >= 4 is 32.7 Å². The summed E-state index contributed by atoms with van der Waals surface area (Å²) in [6, 6.07) is 11.8. The lowest BCUT2D eigenvalue weighted by atomic mass is 10.0. The minimum Gasteiger partial charge on any atom is -0.484 e. The smallest absolute Gasteiger partial charge is 0.260 e. The first kappa shape index (κ1) is 18.7. The fourth-order valence-electron chi connectivity index (χ4n) is 3.24. The van der Waals surface area contributed by atoms with Gasteiger partial charge in [-0.2, -0.15) is 0 Å². The van der Waals surface area contributed by atoms with Gasteiger partial charge in [0.05, 0.1) is 0 Å². The number of benzene rings is 1. The molecule has 0 radical (unpaired) electrons. The number of nitrogens with zero attached hydrogens (tertiary/aromatic N) is 4. The van der Waals surface area contributed by atoms with Crippen molar-refractivity contribution in [1.82, 2.24) is 14.9 Å². The summed E-state index contributed by atoms with van der Waals surface area (Å²) >= 11 is 1.60. The third-order valence-corrected chi connectivity index (χ3v) is 5.99. The van der Waals surface area contributed by atoms with E-state index in [9.17, 15) is 4.79 Å². The number of hydrogen-bond acceptors (Lipinski definition) is 6. The van der Waals surface area contributed by atoms with E-state index in [4.69, 9.17) is 4.74 Å². The van der Waals surface area contributed by atoms with E-state index < -0.39 is 0 Å². The van der Waals surface area contributed by atoms with E-state index >= 15 is 0 Å². The molecule has 0 unspecified atom stereocenters. The Kier molecular flexibility index (Phi) is 5.43. The van der Waals surface area contributed by atoms with Gasteiger partial charge in [-0.1, -0.05) is 37.3 Å². The molecule has 28 heavy (non-hydrogen) atoms. The highest BCUT2D eigenvalue weighted by Gasteiger charge is 2.23. The van der Waals surface area contributed by atoms with E-state index in [0.717, 1.165) is 34.3 Å². The van der Waals surface area contributed by atoms with Gasteiger partial charge in [0.25, 0.3) is 5.91 Å². The van der Waals surface area contributed by atoms with Gasteiger partial charge < -0.3 is 14.5 Å². The Morgan fingerprint density at radius 2 is 2.00 bits per heavy atom. The maximum absolute atomic E-state index is 12.5. The van der Waals surface area contributed by atoms with Crippen LogP contribution in [0.3, 0.4) is 0 Å². The van der Waals surface area contributed by atoms with Crippen molar-refractivity contribution in [2.45, 2.75) is 19.8 Å². The molecule has 0 aliphatic carbocycles. The van der Waals surface area contributed by atoms with Crippen molar-refractivity contribution in [2.24, 2.45) is 0 Å². The Morgan fingerprint density at radius 1 is 1.18 bits per heavy atom. The number of anilines is 1. The van der Waals surface area contributed by atoms with E-state index in [1.54, 1.807) is 17.5 Å². The Morgan fingerprint density at radius 3 is 2.75 bits per heavy atom. The van der Waals surface area contributed by atoms with Crippen LogP contribution in [0, 0.1) is 0 Å². The Balaban J connectivity index is 1.31. The number of piperazine rings is 1. The number of fused-ring (bicyclic) bond motifs is 1. The van der Waals surface area contributed by atoms with Gasteiger partial charge in [0.1, 0.15) is 16.1 Å².